The number of carbonyl (C=O) groups excluding carboxylic acids is 7. The van der Waals surface area contributed by atoms with Crippen molar-refractivity contribution in [2.45, 2.75) is 144 Å². The Morgan fingerprint density at radius 1 is 0.745 bits per heavy atom. The molecule has 518 valence electrons. The van der Waals surface area contributed by atoms with E-state index in [1.165, 1.54) is 19.1 Å². The molecule has 0 aliphatic carbocycles. The number of aliphatic hydroxyl groups excluding tert-OH is 8. The highest BCUT2D eigenvalue weighted by Crippen LogP contribution is 2.41. The SMILES string of the molecule is COCCCCCCOc1ccc(-c2cc(-c3ccc(C(=O)N[C@H]4C[C@@H](O)CNC(=O)[C@@H]5[C@@H](O)[C@@H](C)CN5C(=O)[C@H]([C@H](O)CCNC(CO)CO)NC(=O)[C@H]([C@H](O)Cc5ccc(O)c(OS(O)(O)O)c5)NC(=O)[C@@H]5C[C@@H](O)CN5C(=O)[C@H]([C@@H](C)O)NC4=O)cc3)no2)cc1. The summed E-state index contributed by atoms with van der Waals surface area (Å²) in [6.07, 6.45) is -9.18. The van der Waals surface area contributed by atoms with Crippen LogP contribution >= 0.6 is 11.2 Å². The Morgan fingerprint density at radius 3 is 2.05 bits per heavy atom. The summed E-state index contributed by atoms with van der Waals surface area (Å²) >= 11 is -4.74. The number of fused-ring (bicyclic) bond motifs is 2. The fraction of sp³-hybridized carbons (Fsp3) is 0.541. The third-order valence-corrected chi connectivity index (χ3v) is 16.7. The highest BCUT2D eigenvalue weighted by atomic mass is 32.3. The number of nitrogens with zero attached hydrogens (tertiary/aromatic N) is 3. The zero-order valence-electron chi connectivity index (χ0n) is 51.9. The van der Waals surface area contributed by atoms with Crippen molar-refractivity contribution in [2.75, 3.05) is 59.7 Å². The molecule has 33 heteroatoms. The predicted octanol–water partition coefficient (Wildman–Crippen LogP) is -1.90. The second kappa shape index (κ2) is 34.2. The van der Waals surface area contributed by atoms with Crippen LogP contribution in [0.4, 0.5) is 0 Å². The van der Waals surface area contributed by atoms with E-state index in [-0.39, 0.29) is 17.7 Å². The zero-order valence-corrected chi connectivity index (χ0v) is 52.7. The van der Waals surface area contributed by atoms with E-state index in [9.17, 15) is 93.2 Å². The molecule has 0 spiro atoms. The number of amides is 7. The summed E-state index contributed by atoms with van der Waals surface area (Å²) in [6.45, 7) is 0.764. The number of phenols is 1. The molecule has 4 aromatic rings. The molecule has 3 aromatic carbocycles. The van der Waals surface area contributed by atoms with E-state index in [1.807, 2.05) is 24.3 Å². The van der Waals surface area contributed by atoms with Crippen molar-refractivity contribution < 1.29 is 111 Å². The van der Waals surface area contributed by atoms with Crippen LogP contribution in [-0.4, -0.2) is 255 Å². The number of benzene rings is 3. The highest BCUT2D eigenvalue weighted by Gasteiger charge is 2.50. The molecule has 18 N–H and O–H groups in total. The standard InChI is InChI=1S/C61H85N9O23S/c1-32-28-70-53(54(32)79)59(84)63-27-39(74)24-43(64-55(80)37-11-9-35(10-12-37)42-26-48(92-68-42)36-13-15-41(16-14-36)91-21-7-5-4-6-20-90-3)56(81)65-50(33(2)73)60(85)69-29-40(75)25-44(69)57(82)66-51(47(78)22-34-8-17-45(76)49(23-34)93-94(87,88)89)58(83)67-52(61(70)86)46(77)18-19-62-38(30-71)31-72/h8-17,23,26,32-33,38-40,43-44,46-47,50-54,62,71-79,87-89H,4-7,18-22,24-25,27-31H2,1-3H3,(H,63,84)(H,64,80)(H,65,81)(H,66,82)(H,67,83)/t32-,33+,39+,40+,43-,44-,46+,47+,50-,51-,52-,53-,54-/m0/s1. The second-order valence-electron chi connectivity index (χ2n) is 23.6. The lowest BCUT2D eigenvalue weighted by Gasteiger charge is -2.34. The number of hydrogen-bond acceptors (Lipinski definition) is 25. The molecule has 0 unspecified atom stereocenters. The normalized spacial score (nSPS) is 24.8. The predicted molar refractivity (Wildman–Crippen MR) is 333 cm³/mol. The first-order chi connectivity index (χ1) is 44.7. The minimum atomic E-state index is -4.74. The molecule has 7 rings (SSSR count). The lowest BCUT2D eigenvalue weighted by atomic mass is 9.98. The van der Waals surface area contributed by atoms with Crippen LogP contribution in [0.5, 0.6) is 17.2 Å². The first-order valence-corrected chi connectivity index (χ1v) is 32.1. The van der Waals surface area contributed by atoms with Crippen molar-refractivity contribution in [1.82, 2.24) is 46.9 Å². The average Bonchev–Trinajstić information content (AvgIpc) is 1.61. The fourth-order valence-corrected chi connectivity index (χ4v) is 11.5. The summed E-state index contributed by atoms with van der Waals surface area (Å²) in [4.78, 5) is 104. The third kappa shape index (κ3) is 20.0. The zero-order chi connectivity index (χ0) is 68.6. The number of unbranched alkanes of at least 4 members (excludes halogenated alkanes) is 3. The number of aliphatic hydroxyl groups is 8. The van der Waals surface area contributed by atoms with Crippen molar-refractivity contribution in [2.24, 2.45) is 5.92 Å². The van der Waals surface area contributed by atoms with Crippen LogP contribution in [0.25, 0.3) is 22.6 Å². The van der Waals surface area contributed by atoms with E-state index < -0.39 is 207 Å². The summed E-state index contributed by atoms with van der Waals surface area (Å²) in [6, 6.07) is 5.32. The minimum Gasteiger partial charge on any atom is -0.504 e. The molecule has 3 aliphatic rings. The van der Waals surface area contributed by atoms with Crippen molar-refractivity contribution in [1.29, 1.82) is 0 Å². The highest BCUT2D eigenvalue weighted by molar-refractivity contribution is 8.15. The van der Waals surface area contributed by atoms with Crippen molar-refractivity contribution in [3.63, 3.8) is 0 Å². The molecule has 3 fully saturated rings. The largest absolute Gasteiger partial charge is 0.504 e. The van der Waals surface area contributed by atoms with Crippen LogP contribution in [-0.2, 0) is 39.9 Å². The van der Waals surface area contributed by atoms with Crippen LogP contribution in [0.2, 0.25) is 0 Å². The summed E-state index contributed by atoms with van der Waals surface area (Å²) in [5, 5.41) is 118. The number of phenolic OH excluding ortho intramolecular Hbond substituents is 1. The molecule has 13 atom stereocenters. The lowest BCUT2D eigenvalue weighted by molar-refractivity contribution is -0.147. The Hall–Kier alpha value is -7.61. The van der Waals surface area contributed by atoms with Gasteiger partial charge in [-0.2, -0.15) is 0 Å². The lowest BCUT2D eigenvalue weighted by Crippen LogP contribution is -2.64. The van der Waals surface area contributed by atoms with Gasteiger partial charge < -0.3 is 106 Å². The van der Waals surface area contributed by atoms with Gasteiger partial charge in [0, 0.05) is 81.3 Å². The molecule has 3 aliphatic heterocycles. The molecular weight excluding hydrogens is 1260 g/mol. The minimum absolute atomic E-state index is 0.0207. The molecule has 0 radical (unpaired) electrons. The van der Waals surface area contributed by atoms with Crippen molar-refractivity contribution >= 4 is 52.5 Å². The molecule has 32 nitrogen and oxygen atoms in total. The van der Waals surface area contributed by atoms with Crippen molar-refractivity contribution in [3.05, 3.63) is 83.9 Å². The Morgan fingerprint density at radius 2 is 1.39 bits per heavy atom. The number of rotatable bonds is 25. The van der Waals surface area contributed by atoms with E-state index in [4.69, 9.17) is 14.0 Å². The maximum atomic E-state index is 14.9. The van der Waals surface area contributed by atoms with Crippen molar-refractivity contribution in [3.8, 4) is 39.8 Å². The number of β-amino-alcohol motifs (C(OH)–C–C–N with tert-alkyl or cyclic N) is 1. The molecule has 3 saturated heterocycles. The Kier molecular flexibility index (Phi) is 26.8. The summed E-state index contributed by atoms with van der Waals surface area (Å²) < 4.78 is 50.0. The molecule has 0 bridgehead atoms. The van der Waals surface area contributed by atoms with Crippen LogP contribution in [0.3, 0.4) is 0 Å². The van der Waals surface area contributed by atoms with Gasteiger partial charge in [0.15, 0.2) is 17.3 Å². The first kappa shape index (κ1) is 73.8. The van der Waals surface area contributed by atoms with Gasteiger partial charge in [0.25, 0.3) is 17.1 Å². The van der Waals surface area contributed by atoms with Gasteiger partial charge in [-0.05, 0) is 93.2 Å². The van der Waals surface area contributed by atoms with Gasteiger partial charge in [0.05, 0.1) is 62.5 Å². The van der Waals surface area contributed by atoms with Crippen LogP contribution < -0.4 is 40.8 Å². The number of aromatic hydroxyl groups is 1. The Balaban J connectivity index is 1.18. The molecule has 94 heavy (non-hydrogen) atoms. The van der Waals surface area contributed by atoms with E-state index in [0.717, 1.165) is 67.2 Å². The third-order valence-electron chi connectivity index (χ3n) is 16.3. The van der Waals surface area contributed by atoms with Gasteiger partial charge in [-0.25, -0.2) is 0 Å². The number of methoxy groups -OCH3 is 1. The maximum Gasteiger partial charge on any atom is 0.266 e. The number of hydrogen-bond donors (Lipinski definition) is 18. The smallest absolute Gasteiger partial charge is 0.266 e. The maximum absolute atomic E-state index is 14.9. The molecular formula is C61H85N9O23S. The van der Waals surface area contributed by atoms with E-state index >= 15 is 0 Å². The number of ether oxygens (including phenoxy) is 2. The summed E-state index contributed by atoms with van der Waals surface area (Å²) in [7, 11) is 1.67. The van der Waals surface area contributed by atoms with Gasteiger partial charge in [-0.1, -0.05) is 36.7 Å². The summed E-state index contributed by atoms with van der Waals surface area (Å²) in [5.74, 6) is -9.44. The average molecular weight is 1340 g/mol. The number of aromatic nitrogens is 1. The Labute approximate surface area is 542 Å². The van der Waals surface area contributed by atoms with E-state index in [1.54, 1.807) is 25.3 Å². The van der Waals surface area contributed by atoms with E-state index in [0.29, 0.717) is 34.9 Å². The van der Waals surface area contributed by atoms with Gasteiger partial charge in [0.1, 0.15) is 47.7 Å². The Bertz CT molecular complexity index is 3190. The van der Waals surface area contributed by atoms with Crippen LogP contribution in [0, 0.1) is 5.92 Å². The fourth-order valence-electron chi connectivity index (χ4n) is 11.1. The van der Waals surface area contributed by atoms with Gasteiger partial charge in [-0.15, -0.1) is 0 Å². The molecule has 7 amide bonds. The van der Waals surface area contributed by atoms with Gasteiger partial charge in [-0.3, -0.25) is 47.2 Å². The van der Waals surface area contributed by atoms with Gasteiger partial charge in [0.2, 0.25) is 35.4 Å². The van der Waals surface area contributed by atoms with Crippen LogP contribution in [0.15, 0.2) is 77.3 Å². The summed E-state index contributed by atoms with van der Waals surface area (Å²) in [5.41, 5.74) is 1.54. The number of carbonyl (C=O) groups is 7. The topological polar surface area (TPSA) is 495 Å². The van der Waals surface area contributed by atoms with Crippen LogP contribution in [0.1, 0.15) is 74.7 Å². The monoisotopic (exact) mass is 1340 g/mol. The number of nitrogens with one attached hydrogen (secondary N) is 6. The first-order valence-electron chi connectivity index (χ1n) is 30.7. The van der Waals surface area contributed by atoms with Gasteiger partial charge >= 0.3 is 0 Å². The van der Waals surface area contributed by atoms with E-state index in [2.05, 4.69) is 41.2 Å². The molecule has 4 heterocycles. The molecule has 0 saturated carbocycles. The molecule has 1 aromatic heterocycles. The quantitative estimate of drug-likeness (QED) is 0.0322. The second-order valence-corrected chi connectivity index (χ2v) is 24.7.